The van der Waals surface area contributed by atoms with Crippen molar-refractivity contribution in [2.24, 2.45) is 28.3 Å². The van der Waals surface area contributed by atoms with E-state index in [-0.39, 0.29) is 41.5 Å². The summed E-state index contributed by atoms with van der Waals surface area (Å²) in [6, 6.07) is 7.74. The van der Waals surface area contributed by atoms with E-state index in [1.54, 1.807) is 6.21 Å². The van der Waals surface area contributed by atoms with Crippen LogP contribution in [0.2, 0.25) is 0 Å². The number of hydrogen-bond donors (Lipinski definition) is 0. The SMILES string of the molecule is CC1(C)C(C=NOCC2CC2)C1C(=O)OCc1ccc(F)c(Oc2ccc(F)cc2)n1. The van der Waals surface area contributed by atoms with Gasteiger partial charge in [0.2, 0.25) is 0 Å². The van der Waals surface area contributed by atoms with Gasteiger partial charge in [0, 0.05) is 12.1 Å². The number of hydrogen-bond acceptors (Lipinski definition) is 6. The highest BCUT2D eigenvalue weighted by molar-refractivity contribution is 5.85. The molecule has 6 nitrogen and oxygen atoms in total. The lowest BCUT2D eigenvalue weighted by Crippen LogP contribution is -2.11. The molecule has 2 saturated carbocycles. The summed E-state index contributed by atoms with van der Waals surface area (Å²) >= 11 is 0. The Labute approximate surface area is 179 Å². The number of carbonyl (C=O) groups excluding carboxylic acids is 1. The molecule has 0 saturated heterocycles. The third-order valence-corrected chi connectivity index (χ3v) is 5.73. The summed E-state index contributed by atoms with van der Waals surface area (Å²) in [7, 11) is 0. The highest BCUT2D eigenvalue weighted by atomic mass is 19.1. The number of rotatable bonds is 9. The van der Waals surface area contributed by atoms with Crippen LogP contribution >= 0.6 is 0 Å². The molecule has 0 bridgehead atoms. The molecule has 2 aliphatic carbocycles. The fourth-order valence-electron chi connectivity index (χ4n) is 3.41. The molecule has 2 atom stereocenters. The molecule has 0 aliphatic heterocycles. The second-order valence-electron chi connectivity index (χ2n) is 8.57. The summed E-state index contributed by atoms with van der Waals surface area (Å²) in [6.07, 6.45) is 4.06. The predicted molar refractivity (Wildman–Crippen MR) is 108 cm³/mol. The van der Waals surface area contributed by atoms with Gasteiger partial charge in [0.25, 0.3) is 5.88 Å². The summed E-state index contributed by atoms with van der Waals surface area (Å²) in [4.78, 5) is 21.9. The Kier molecular flexibility index (Phi) is 5.89. The van der Waals surface area contributed by atoms with E-state index in [1.807, 2.05) is 13.8 Å². The number of carbonyl (C=O) groups is 1. The van der Waals surface area contributed by atoms with Gasteiger partial charge in [-0.25, -0.2) is 13.8 Å². The van der Waals surface area contributed by atoms with E-state index in [2.05, 4.69) is 10.1 Å². The molecule has 2 aromatic rings. The van der Waals surface area contributed by atoms with E-state index < -0.39 is 11.6 Å². The normalized spacial score (nSPS) is 21.7. The molecule has 0 spiro atoms. The van der Waals surface area contributed by atoms with Crippen LogP contribution in [0.4, 0.5) is 8.78 Å². The van der Waals surface area contributed by atoms with Crippen molar-refractivity contribution in [1.29, 1.82) is 0 Å². The zero-order valence-corrected chi connectivity index (χ0v) is 17.4. The van der Waals surface area contributed by atoms with Crippen LogP contribution in [-0.4, -0.2) is 23.8 Å². The molecule has 2 fully saturated rings. The molecule has 8 heteroatoms. The van der Waals surface area contributed by atoms with Crippen LogP contribution in [0.25, 0.3) is 0 Å². The first-order chi connectivity index (χ1) is 14.8. The van der Waals surface area contributed by atoms with Gasteiger partial charge in [-0.15, -0.1) is 0 Å². The van der Waals surface area contributed by atoms with Gasteiger partial charge < -0.3 is 14.3 Å². The van der Waals surface area contributed by atoms with Crippen molar-refractivity contribution >= 4 is 12.2 Å². The van der Waals surface area contributed by atoms with Gasteiger partial charge in [0.1, 0.15) is 24.8 Å². The lowest BCUT2D eigenvalue weighted by atomic mass is 10.1. The first-order valence-electron chi connectivity index (χ1n) is 10.3. The zero-order chi connectivity index (χ0) is 22.0. The molecule has 0 N–H and O–H groups in total. The largest absolute Gasteiger partial charge is 0.459 e. The summed E-state index contributed by atoms with van der Waals surface area (Å²) < 4.78 is 37.8. The molecule has 164 valence electrons. The maximum absolute atomic E-state index is 14.0. The quantitative estimate of drug-likeness (QED) is 0.322. The highest BCUT2D eigenvalue weighted by Gasteiger charge is 2.62. The number of benzene rings is 1. The number of halogens is 2. The summed E-state index contributed by atoms with van der Waals surface area (Å²) in [5.41, 5.74) is 0.0691. The van der Waals surface area contributed by atoms with E-state index in [9.17, 15) is 13.6 Å². The van der Waals surface area contributed by atoms with Gasteiger partial charge in [0.15, 0.2) is 5.82 Å². The molecule has 1 heterocycles. The minimum atomic E-state index is -0.676. The first kappa shape index (κ1) is 21.2. The van der Waals surface area contributed by atoms with Crippen molar-refractivity contribution in [3.8, 4) is 11.6 Å². The van der Waals surface area contributed by atoms with Gasteiger partial charge in [-0.05, 0) is 60.6 Å². The molecule has 1 aromatic carbocycles. The fraction of sp³-hybridized carbons (Fsp3) is 0.435. The Bertz CT molecular complexity index is 974. The predicted octanol–water partition coefficient (Wildman–Crippen LogP) is 4.88. The third-order valence-electron chi connectivity index (χ3n) is 5.73. The van der Waals surface area contributed by atoms with Crippen LogP contribution in [0.3, 0.4) is 0 Å². The number of oxime groups is 1. The second kappa shape index (κ2) is 8.61. The van der Waals surface area contributed by atoms with Crippen LogP contribution in [-0.2, 0) is 21.0 Å². The molecule has 4 rings (SSSR count). The minimum absolute atomic E-state index is 0.0576. The van der Waals surface area contributed by atoms with E-state index in [0.717, 1.165) is 0 Å². The molecule has 1 aromatic heterocycles. The molecular weight excluding hydrogens is 406 g/mol. The molecule has 2 unspecified atom stereocenters. The lowest BCUT2D eigenvalue weighted by Gasteiger charge is -2.09. The number of nitrogens with zero attached hydrogens (tertiary/aromatic N) is 2. The smallest absolute Gasteiger partial charge is 0.310 e. The number of ether oxygens (including phenoxy) is 2. The molecular formula is C23H24F2N2O4. The van der Waals surface area contributed by atoms with E-state index >= 15 is 0 Å². The van der Waals surface area contributed by atoms with Crippen molar-refractivity contribution < 1.29 is 27.9 Å². The fourth-order valence-corrected chi connectivity index (χ4v) is 3.41. The summed E-state index contributed by atoms with van der Waals surface area (Å²) in [5, 5.41) is 4.00. The Hall–Kier alpha value is -3.03. The van der Waals surface area contributed by atoms with Crippen molar-refractivity contribution in [2.45, 2.75) is 33.3 Å². The first-order valence-corrected chi connectivity index (χ1v) is 10.3. The van der Waals surface area contributed by atoms with Crippen molar-refractivity contribution in [1.82, 2.24) is 4.98 Å². The topological polar surface area (TPSA) is 70.0 Å². The van der Waals surface area contributed by atoms with Crippen LogP contribution in [0.5, 0.6) is 11.6 Å². The summed E-state index contributed by atoms with van der Waals surface area (Å²) in [5.74, 6) is -1.26. The Morgan fingerprint density at radius 3 is 2.65 bits per heavy atom. The standard InChI is InChI=1S/C23H24F2N2O4/c1-23(2)18(11-26-30-12-14-3-4-14)20(23)22(28)29-13-16-7-10-19(25)21(27-16)31-17-8-5-15(24)6-9-17/h5-11,14,18,20H,3-4,12-13H2,1-2H3. The molecule has 31 heavy (non-hydrogen) atoms. The van der Waals surface area contributed by atoms with Crippen LogP contribution in [0.15, 0.2) is 41.6 Å². The third kappa shape index (κ3) is 5.18. The van der Waals surface area contributed by atoms with Gasteiger partial charge >= 0.3 is 5.97 Å². The lowest BCUT2D eigenvalue weighted by molar-refractivity contribution is -0.147. The van der Waals surface area contributed by atoms with Gasteiger partial charge in [-0.1, -0.05) is 19.0 Å². The summed E-state index contributed by atoms with van der Waals surface area (Å²) in [6.45, 7) is 4.45. The van der Waals surface area contributed by atoms with E-state index in [0.29, 0.717) is 18.2 Å². The maximum Gasteiger partial charge on any atom is 0.310 e. The number of pyridine rings is 1. The van der Waals surface area contributed by atoms with Crippen molar-refractivity contribution in [2.75, 3.05) is 6.61 Å². The molecule has 0 amide bonds. The second-order valence-corrected chi connectivity index (χ2v) is 8.57. The van der Waals surface area contributed by atoms with Gasteiger partial charge in [-0.2, -0.15) is 0 Å². The Balaban J connectivity index is 1.32. The number of esters is 1. The van der Waals surface area contributed by atoms with Crippen LogP contribution in [0.1, 0.15) is 32.4 Å². The van der Waals surface area contributed by atoms with Crippen molar-refractivity contribution in [3.63, 3.8) is 0 Å². The average Bonchev–Trinajstić information content (AvgIpc) is 3.64. The van der Waals surface area contributed by atoms with Gasteiger partial charge in [-0.3, -0.25) is 4.79 Å². The minimum Gasteiger partial charge on any atom is -0.459 e. The van der Waals surface area contributed by atoms with Crippen LogP contribution < -0.4 is 4.74 Å². The Morgan fingerprint density at radius 1 is 1.19 bits per heavy atom. The molecule has 2 aliphatic rings. The van der Waals surface area contributed by atoms with Crippen molar-refractivity contribution in [3.05, 3.63) is 53.7 Å². The molecule has 0 radical (unpaired) electrons. The number of aromatic nitrogens is 1. The van der Waals surface area contributed by atoms with E-state index in [1.165, 1.54) is 49.2 Å². The van der Waals surface area contributed by atoms with Crippen LogP contribution in [0, 0.1) is 34.8 Å². The van der Waals surface area contributed by atoms with Gasteiger partial charge in [0.05, 0.1) is 11.6 Å². The highest BCUT2D eigenvalue weighted by Crippen LogP contribution is 2.57. The zero-order valence-electron chi connectivity index (χ0n) is 17.4. The van der Waals surface area contributed by atoms with E-state index in [4.69, 9.17) is 14.3 Å². The maximum atomic E-state index is 14.0. The average molecular weight is 430 g/mol. The monoisotopic (exact) mass is 430 g/mol. The Morgan fingerprint density at radius 2 is 1.94 bits per heavy atom.